The summed E-state index contributed by atoms with van der Waals surface area (Å²) in [4.78, 5) is 14.8. The number of amides is 1. The van der Waals surface area contributed by atoms with Crippen LogP contribution in [0.2, 0.25) is 0 Å². The molecular weight excluding hydrogens is 308 g/mol. The Morgan fingerprint density at radius 2 is 2.12 bits per heavy atom. The zero-order valence-corrected chi connectivity index (χ0v) is 13.9. The van der Waals surface area contributed by atoms with Crippen LogP contribution in [0.15, 0.2) is 22.7 Å². The van der Waals surface area contributed by atoms with E-state index in [1.165, 1.54) is 12.8 Å². The summed E-state index contributed by atoms with van der Waals surface area (Å²) < 4.78 is 13.3. The van der Waals surface area contributed by atoms with Crippen molar-refractivity contribution in [2.24, 2.45) is 0 Å². The SMILES string of the molecule is Cc1nnc(C2CN(C(=O)c3cccn3C3CCCC3)CCO2)o1. The second-order valence-electron chi connectivity index (χ2n) is 6.51. The van der Waals surface area contributed by atoms with Crippen molar-refractivity contribution in [3.8, 4) is 0 Å². The topological polar surface area (TPSA) is 73.4 Å². The molecule has 1 amide bonds. The molecule has 24 heavy (non-hydrogen) atoms. The number of aryl methyl sites for hydroxylation is 1. The molecule has 1 aliphatic carbocycles. The molecule has 2 aromatic rings. The van der Waals surface area contributed by atoms with Crippen molar-refractivity contribution in [2.75, 3.05) is 19.7 Å². The van der Waals surface area contributed by atoms with Crippen molar-refractivity contribution in [3.63, 3.8) is 0 Å². The minimum absolute atomic E-state index is 0.0523. The first-order valence-electron chi connectivity index (χ1n) is 8.60. The van der Waals surface area contributed by atoms with Crippen molar-refractivity contribution in [1.82, 2.24) is 19.7 Å². The molecule has 0 bridgehead atoms. The molecule has 0 aromatic carbocycles. The van der Waals surface area contributed by atoms with Gasteiger partial charge in [0.05, 0.1) is 13.2 Å². The summed E-state index contributed by atoms with van der Waals surface area (Å²) in [5.74, 6) is 1.000. The molecule has 2 aliphatic rings. The van der Waals surface area contributed by atoms with Gasteiger partial charge >= 0.3 is 0 Å². The van der Waals surface area contributed by atoms with Gasteiger partial charge in [0.15, 0.2) is 6.10 Å². The number of aromatic nitrogens is 3. The number of carbonyl (C=O) groups is 1. The number of morpholine rings is 1. The van der Waals surface area contributed by atoms with Crippen LogP contribution in [0.5, 0.6) is 0 Å². The molecule has 7 heteroatoms. The fourth-order valence-electron chi connectivity index (χ4n) is 3.66. The van der Waals surface area contributed by atoms with Gasteiger partial charge in [0.1, 0.15) is 5.69 Å². The normalized spacial score (nSPS) is 22.2. The fourth-order valence-corrected chi connectivity index (χ4v) is 3.66. The molecule has 4 rings (SSSR count). The maximum Gasteiger partial charge on any atom is 0.270 e. The van der Waals surface area contributed by atoms with E-state index in [1.54, 1.807) is 6.92 Å². The summed E-state index contributed by atoms with van der Waals surface area (Å²) >= 11 is 0. The maximum absolute atomic E-state index is 13.0. The molecule has 3 heterocycles. The first kappa shape index (κ1) is 15.4. The predicted molar refractivity (Wildman–Crippen MR) is 85.6 cm³/mol. The Bertz CT molecular complexity index is 717. The van der Waals surface area contributed by atoms with Gasteiger partial charge in [0.2, 0.25) is 11.8 Å². The molecular formula is C17H22N4O3. The highest BCUT2D eigenvalue weighted by molar-refractivity contribution is 5.93. The predicted octanol–water partition coefficient (Wildman–Crippen LogP) is 2.51. The lowest BCUT2D eigenvalue weighted by atomic mass is 10.2. The third-order valence-electron chi connectivity index (χ3n) is 4.89. The van der Waals surface area contributed by atoms with Gasteiger partial charge in [-0.2, -0.15) is 0 Å². The van der Waals surface area contributed by atoms with E-state index in [0.717, 1.165) is 18.5 Å². The molecule has 1 atom stereocenters. The summed E-state index contributed by atoms with van der Waals surface area (Å²) in [6, 6.07) is 4.33. The highest BCUT2D eigenvalue weighted by Crippen LogP contribution is 2.31. The van der Waals surface area contributed by atoms with Crippen molar-refractivity contribution < 1.29 is 13.9 Å². The van der Waals surface area contributed by atoms with Crippen LogP contribution in [0, 0.1) is 6.92 Å². The van der Waals surface area contributed by atoms with Crippen LogP contribution in [0.1, 0.15) is 60.1 Å². The molecule has 1 aliphatic heterocycles. The van der Waals surface area contributed by atoms with Crippen LogP contribution in [0.3, 0.4) is 0 Å². The second kappa shape index (κ2) is 6.39. The Morgan fingerprint density at radius 1 is 1.29 bits per heavy atom. The van der Waals surface area contributed by atoms with E-state index >= 15 is 0 Å². The third kappa shape index (κ3) is 2.84. The van der Waals surface area contributed by atoms with Crippen molar-refractivity contribution in [2.45, 2.75) is 44.8 Å². The average Bonchev–Trinajstić information content (AvgIpc) is 3.34. The molecule has 0 N–H and O–H groups in total. The fraction of sp³-hybridized carbons (Fsp3) is 0.588. The Morgan fingerprint density at radius 3 is 2.88 bits per heavy atom. The van der Waals surface area contributed by atoms with Crippen LogP contribution >= 0.6 is 0 Å². The maximum atomic E-state index is 13.0. The van der Waals surface area contributed by atoms with Crippen LogP contribution < -0.4 is 0 Å². The average molecular weight is 330 g/mol. The molecule has 0 spiro atoms. The summed E-state index contributed by atoms with van der Waals surface area (Å²) in [6.45, 7) is 3.24. The molecule has 1 unspecified atom stereocenters. The van der Waals surface area contributed by atoms with Gasteiger partial charge in [0, 0.05) is 25.7 Å². The van der Waals surface area contributed by atoms with Gasteiger partial charge in [-0.05, 0) is 25.0 Å². The lowest BCUT2D eigenvalue weighted by Gasteiger charge is -2.32. The smallest absolute Gasteiger partial charge is 0.270 e. The van der Waals surface area contributed by atoms with Crippen molar-refractivity contribution in [3.05, 3.63) is 35.8 Å². The Labute approximate surface area is 140 Å². The van der Waals surface area contributed by atoms with Crippen molar-refractivity contribution >= 4 is 5.91 Å². The van der Waals surface area contributed by atoms with Gasteiger partial charge in [-0.15, -0.1) is 10.2 Å². The highest BCUT2D eigenvalue weighted by Gasteiger charge is 2.31. The summed E-state index contributed by atoms with van der Waals surface area (Å²) in [5.41, 5.74) is 0.768. The van der Waals surface area contributed by atoms with Crippen molar-refractivity contribution in [1.29, 1.82) is 0 Å². The molecule has 0 radical (unpaired) electrons. The molecule has 2 aromatic heterocycles. The zero-order chi connectivity index (χ0) is 16.5. The number of ether oxygens (including phenoxy) is 1. The van der Waals surface area contributed by atoms with Gasteiger partial charge in [-0.3, -0.25) is 4.79 Å². The minimum Gasteiger partial charge on any atom is -0.423 e. The third-order valence-corrected chi connectivity index (χ3v) is 4.89. The summed E-state index contributed by atoms with van der Waals surface area (Å²) in [7, 11) is 0. The number of rotatable bonds is 3. The Kier molecular flexibility index (Phi) is 4.10. The van der Waals surface area contributed by atoms with Gasteiger partial charge < -0.3 is 18.6 Å². The quantitative estimate of drug-likeness (QED) is 0.864. The van der Waals surface area contributed by atoms with E-state index in [-0.39, 0.29) is 12.0 Å². The number of carbonyl (C=O) groups excluding carboxylic acids is 1. The molecule has 7 nitrogen and oxygen atoms in total. The van der Waals surface area contributed by atoms with Gasteiger partial charge in [-0.25, -0.2) is 0 Å². The number of hydrogen-bond donors (Lipinski definition) is 0. The van der Waals surface area contributed by atoms with E-state index < -0.39 is 0 Å². The second-order valence-corrected chi connectivity index (χ2v) is 6.51. The first-order chi connectivity index (χ1) is 11.7. The lowest BCUT2D eigenvalue weighted by molar-refractivity contribution is -0.0352. The minimum atomic E-state index is -0.348. The van der Waals surface area contributed by atoms with E-state index in [1.807, 2.05) is 23.2 Å². The molecule has 1 saturated heterocycles. The van der Waals surface area contributed by atoms with Gasteiger partial charge in [-0.1, -0.05) is 12.8 Å². The number of nitrogens with zero attached hydrogens (tertiary/aromatic N) is 4. The molecule has 1 saturated carbocycles. The van der Waals surface area contributed by atoms with Crippen LogP contribution in [0.25, 0.3) is 0 Å². The molecule has 2 fully saturated rings. The van der Waals surface area contributed by atoms with E-state index in [4.69, 9.17) is 9.15 Å². The van der Waals surface area contributed by atoms with E-state index in [0.29, 0.717) is 37.5 Å². The standard InChI is InChI=1S/C17H22N4O3/c1-12-18-19-16(24-12)15-11-20(9-10-23-15)17(22)14-7-4-8-21(14)13-5-2-3-6-13/h4,7-8,13,15H,2-3,5-6,9-11H2,1H3. The first-order valence-corrected chi connectivity index (χ1v) is 8.60. The largest absolute Gasteiger partial charge is 0.423 e. The number of hydrogen-bond acceptors (Lipinski definition) is 5. The summed E-state index contributed by atoms with van der Waals surface area (Å²) in [5, 5.41) is 7.87. The Balaban J connectivity index is 1.51. The van der Waals surface area contributed by atoms with Gasteiger partial charge in [0.25, 0.3) is 5.91 Å². The van der Waals surface area contributed by atoms with Crippen LogP contribution in [0.4, 0.5) is 0 Å². The molecule has 128 valence electrons. The lowest BCUT2D eigenvalue weighted by Crippen LogP contribution is -2.43. The monoisotopic (exact) mass is 330 g/mol. The van der Waals surface area contributed by atoms with E-state index in [9.17, 15) is 4.79 Å². The Hall–Kier alpha value is -2.15. The summed E-state index contributed by atoms with van der Waals surface area (Å²) in [6.07, 6.45) is 6.48. The zero-order valence-electron chi connectivity index (χ0n) is 13.9. The van der Waals surface area contributed by atoms with Crippen LogP contribution in [-0.2, 0) is 4.74 Å². The van der Waals surface area contributed by atoms with E-state index in [2.05, 4.69) is 14.8 Å². The van der Waals surface area contributed by atoms with Crippen LogP contribution in [-0.4, -0.2) is 45.3 Å². The highest BCUT2D eigenvalue weighted by atomic mass is 16.5.